The van der Waals surface area contributed by atoms with Gasteiger partial charge in [-0.25, -0.2) is 19.1 Å². The number of nitrogens with zero attached hydrogens (tertiary/aromatic N) is 3. The first kappa shape index (κ1) is 25.6. The number of alkyl halides is 3. The van der Waals surface area contributed by atoms with Crippen molar-refractivity contribution in [3.05, 3.63) is 24.0 Å². The molecule has 0 N–H and O–H groups in total. The number of imidazole rings is 1. The molecule has 1 aromatic carbocycles. The Morgan fingerprint density at radius 2 is 1.50 bits per heavy atom. The van der Waals surface area contributed by atoms with Gasteiger partial charge >= 0.3 is 18.4 Å². The zero-order valence-corrected chi connectivity index (χ0v) is 20.2. The summed E-state index contributed by atoms with van der Waals surface area (Å²) in [5, 5.41) is 0. The van der Waals surface area contributed by atoms with Crippen molar-refractivity contribution in [3.8, 4) is 5.75 Å². The quantitative estimate of drug-likeness (QED) is 0.549. The summed E-state index contributed by atoms with van der Waals surface area (Å²) in [4.78, 5) is 30.0. The Labute approximate surface area is 196 Å². The zero-order chi connectivity index (χ0) is 25.5. The highest BCUT2D eigenvalue weighted by Gasteiger charge is 2.40. The first-order valence-electron chi connectivity index (χ1n) is 11.0. The maximum Gasteiger partial charge on any atom is 0.450 e. The zero-order valence-electron chi connectivity index (χ0n) is 20.2. The molecule has 1 saturated heterocycles. The largest absolute Gasteiger partial charge is 0.490 e. The summed E-state index contributed by atoms with van der Waals surface area (Å²) in [7, 11) is 0. The van der Waals surface area contributed by atoms with Crippen LogP contribution in [0.4, 0.5) is 22.8 Å². The molecule has 0 bridgehead atoms. The Morgan fingerprint density at radius 3 is 2.03 bits per heavy atom. The lowest BCUT2D eigenvalue weighted by molar-refractivity contribution is -0.146. The van der Waals surface area contributed by atoms with Crippen molar-refractivity contribution in [3.63, 3.8) is 0 Å². The Morgan fingerprint density at radius 1 is 0.941 bits per heavy atom. The Kier molecular flexibility index (Phi) is 6.78. The van der Waals surface area contributed by atoms with Crippen LogP contribution in [0.5, 0.6) is 5.75 Å². The van der Waals surface area contributed by atoms with Gasteiger partial charge in [0, 0.05) is 32.0 Å². The third kappa shape index (κ3) is 6.32. The van der Waals surface area contributed by atoms with E-state index < -0.39 is 35.4 Å². The second-order valence-corrected chi connectivity index (χ2v) is 10.2. The molecule has 0 spiro atoms. The van der Waals surface area contributed by atoms with Gasteiger partial charge in [0.25, 0.3) is 0 Å². The SMILES string of the molecule is CC(C)(C)OC(=O)N1CCC(Oc2ccc3nc(C(F)(F)F)n(C(=O)OC(C)(C)C)c3c2)CC1. The third-order valence-electron chi connectivity index (χ3n) is 4.85. The van der Waals surface area contributed by atoms with E-state index in [1.54, 1.807) is 46.4 Å². The molecule has 1 aliphatic rings. The molecular weight excluding hydrogens is 455 g/mol. The van der Waals surface area contributed by atoms with E-state index in [-0.39, 0.29) is 17.1 Å². The second kappa shape index (κ2) is 8.99. The molecule has 0 saturated carbocycles. The van der Waals surface area contributed by atoms with Gasteiger partial charge in [0.1, 0.15) is 23.1 Å². The first-order valence-corrected chi connectivity index (χ1v) is 11.0. The highest BCUT2D eigenvalue weighted by Crippen LogP contribution is 2.34. The minimum Gasteiger partial charge on any atom is -0.490 e. The van der Waals surface area contributed by atoms with E-state index in [0.29, 0.717) is 36.2 Å². The monoisotopic (exact) mass is 485 g/mol. The standard InChI is InChI=1S/C23H30F3N3O5/c1-21(2,3)33-19(30)28-11-9-14(10-12-28)32-15-7-8-16-17(13-15)29(18(27-16)23(24,25)26)20(31)34-22(4,5)6/h7-8,13-14H,9-12H2,1-6H3. The molecule has 0 unspecified atom stereocenters. The van der Waals surface area contributed by atoms with E-state index in [1.165, 1.54) is 18.2 Å². The molecule has 8 nitrogen and oxygen atoms in total. The van der Waals surface area contributed by atoms with E-state index in [0.717, 1.165) is 0 Å². The van der Waals surface area contributed by atoms with Crippen molar-refractivity contribution < 1.29 is 37.0 Å². The van der Waals surface area contributed by atoms with Crippen molar-refractivity contribution in [2.75, 3.05) is 13.1 Å². The van der Waals surface area contributed by atoms with Gasteiger partial charge in [-0.15, -0.1) is 0 Å². The lowest BCUT2D eigenvalue weighted by Crippen LogP contribution is -2.44. The van der Waals surface area contributed by atoms with E-state index >= 15 is 0 Å². The summed E-state index contributed by atoms with van der Waals surface area (Å²) in [6.07, 6.45) is -5.63. The van der Waals surface area contributed by atoms with Crippen LogP contribution in [0.2, 0.25) is 0 Å². The lowest BCUT2D eigenvalue weighted by Gasteiger charge is -2.33. The van der Waals surface area contributed by atoms with Crippen LogP contribution in [0.1, 0.15) is 60.2 Å². The Hall–Kier alpha value is -2.98. The second-order valence-electron chi connectivity index (χ2n) is 10.2. The van der Waals surface area contributed by atoms with Crippen molar-refractivity contribution in [2.24, 2.45) is 0 Å². The Bertz CT molecular complexity index is 1060. The molecule has 11 heteroatoms. The van der Waals surface area contributed by atoms with Gasteiger partial charge in [-0.1, -0.05) is 0 Å². The summed E-state index contributed by atoms with van der Waals surface area (Å²) in [5.74, 6) is -1.07. The average molecular weight is 486 g/mol. The molecule has 2 heterocycles. The number of aromatic nitrogens is 2. The van der Waals surface area contributed by atoms with Crippen LogP contribution < -0.4 is 4.74 Å². The van der Waals surface area contributed by atoms with E-state index in [2.05, 4.69) is 4.98 Å². The van der Waals surface area contributed by atoms with Crippen LogP contribution >= 0.6 is 0 Å². The number of likely N-dealkylation sites (tertiary alicyclic amines) is 1. The number of rotatable bonds is 2. The Balaban J connectivity index is 1.79. The van der Waals surface area contributed by atoms with Gasteiger partial charge in [0.15, 0.2) is 0 Å². The summed E-state index contributed by atoms with van der Waals surface area (Å²) in [6.45, 7) is 10.9. The van der Waals surface area contributed by atoms with Gasteiger partial charge in [0.05, 0.1) is 11.0 Å². The number of carbonyl (C=O) groups is 2. The van der Waals surface area contributed by atoms with Crippen LogP contribution in [0.25, 0.3) is 11.0 Å². The summed E-state index contributed by atoms with van der Waals surface area (Å²) in [5.41, 5.74) is -1.66. The van der Waals surface area contributed by atoms with Crippen molar-refractivity contribution in [1.29, 1.82) is 0 Å². The molecule has 188 valence electrons. The fourth-order valence-corrected chi connectivity index (χ4v) is 3.49. The molecule has 1 aliphatic heterocycles. The number of hydrogen-bond acceptors (Lipinski definition) is 6. The summed E-state index contributed by atoms with van der Waals surface area (Å²) in [6, 6.07) is 4.23. The topological polar surface area (TPSA) is 82.9 Å². The molecule has 1 aromatic heterocycles. The number of ether oxygens (including phenoxy) is 3. The normalized spacial score (nSPS) is 16.0. The third-order valence-corrected chi connectivity index (χ3v) is 4.85. The van der Waals surface area contributed by atoms with Gasteiger partial charge in [-0.2, -0.15) is 13.2 Å². The number of amides is 1. The average Bonchev–Trinajstić information content (AvgIpc) is 3.05. The molecular formula is C23H30F3N3O5. The molecule has 34 heavy (non-hydrogen) atoms. The lowest BCUT2D eigenvalue weighted by atomic mass is 10.1. The number of piperidine rings is 1. The number of benzene rings is 1. The van der Waals surface area contributed by atoms with Crippen molar-refractivity contribution >= 4 is 23.2 Å². The maximum atomic E-state index is 13.6. The van der Waals surface area contributed by atoms with Gasteiger partial charge in [0.2, 0.25) is 5.82 Å². The van der Waals surface area contributed by atoms with E-state index in [9.17, 15) is 22.8 Å². The van der Waals surface area contributed by atoms with Crippen molar-refractivity contribution in [2.45, 2.75) is 77.9 Å². The number of carbonyl (C=O) groups excluding carboxylic acids is 2. The van der Waals surface area contributed by atoms with Gasteiger partial charge in [-0.05, 0) is 53.7 Å². The van der Waals surface area contributed by atoms with Gasteiger partial charge < -0.3 is 19.1 Å². The van der Waals surface area contributed by atoms with E-state index in [4.69, 9.17) is 14.2 Å². The summed E-state index contributed by atoms with van der Waals surface area (Å²) < 4.78 is 57.7. The molecule has 0 atom stereocenters. The fourth-order valence-electron chi connectivity index (χ4n) is 3.49. The highest BCUT2D eigenvalue weighted by atomic mass is 19.4. The van der Waals surface area contributed by atoms with Crippen LogP contribution in [0.15, 0.2) is 18.2 Å². The fraction of sp³-hybridized carbons (Fsp3) is 0.609. The van der Waals surface area contributed by atoms with Crippen LogP contribution in [-0.4, -0.2) is 57.0 Å². The van der Waals surface area contributed by atoms with Gasteiger partial charge in [-0.3, -0.25) is 0 Å². The van der Waals surface area contributed by atoms with Crippen molar-refractivity contribution in [1.82, 2.24) is 14.5 Å². The first-order chi connectivity index (χ1) is 15.5. The highest BCUT2D eigenvalue weighted by molar-refractivity contribution is 5.88. The molecule has 0 aliphatic carbocycles. The minimum absolute atomic E-state index is 0.00900. The summed E-state index contributed by atoms with van der Waals surface area (Å²) >= 11 is 0. The van der Waals surface area contributed by atoms with Crippen LogP contribution in [0.3, 0.4) is 0 Å². The molecule has 3 rings (SSSR count). The smallest absolute Gasteiger partial charge is 0.450 e. The van der Waals surface area contributed by atoms with Crippen LogP contribution in [0, 0.1) is 0 Å². The molecule has 1 fully saturated rings. The molecule has 1 amide bonds. The number of halogens is 3. The predicted molar refractivity (Wildman–Crippen MR) is 118 cm³/mol. The maximum absolute atomic E-state index is 13.6. The predicted octanol–water partition coefficient (Wildman–Crippen LogP) is 5.62. The molecule has 2 aromatic rings. The number of fused-ring (bicyclic) bond motifs is 1. The molecule has 0 radical (unpaired) electrons. The number of hydrogen-bond donors (Lipinski definition) is 0. The minimum atomic E-state index is -4.86. The van der Waals surface area contributed by atoms with Crippen LogP contribution in [-0.2, 0) is 15.7 Å². The van der Waals surface area contributed by atoms with E-state index in [1.807, 2.05) is 0 Å².